The zero-order chi connectivity index (χ0) is 7.73. The molecule has 0 aliphatic carbocycles. The highest BCUT2D eigenvalue weighted by Gasteiger charge is 2.39. The van der Waals surface area contributed by atoms with Crippen LogP contribution in [0.4, 0.5) is 0 Å². The van der Waals surface area contributed by atoms with Gasteiger partial charge >= 0.3 is 0 Å². The normalized spacial score (nSPS) is 43.9. The van der Waals surface area contributed by atoms with E-state index in [1.54, 1.807) is 0 Å². The van der Waals surface area contributed by atoms with Crippen molar-refractivity contribution in [3.05, 3.63) is 0 Å². The average Bonchev–Trinajstić information content (AvgIpc) is 2.05. The van der Waals surface area contributed by atoms with Crippen LogP contribution in [0.15, 0.2) is 0 Å². The van der Waals surface area contributed by atoms with Gasteiger partial charge in [-0.05, 0) is 38.5 Å². The van der Waals surface area contributed by atoms with Crippen LogP contribution >= 0.6 is 0 Å². The topological polar surface area (TPSA) is 29.5 Å². The van der Waals surface area contributed by atoms with Gasteiger partial charge in [0, 0.05) is 0 Å². The highest BCUT2D eigenvalue weighted by Crippen LogP contribution is 2.38. The first-order valence-corrected chi connectivity index (χ1v) is 4.63. The molecule has 0 spiro atoms. The molecular weight excluding hydrogens is 140 g/mol. The molecule has 2 nitrogen and oxygen atoms in total. The summed E-state index contributed by atoms with van der Waals surface area (Å²) in [7, 11) is 0. The Hall–Kier alpha value is -0.0800. The molecule has 2 heterocycles. The van der Waals surface area contributed by atoms with Gasteiger partial charge in [-0.25, -0.2) is 0 Å². The highest BCUT2D eigenvalue weighted by molar-refractivity contribution is 4.89. The fourth-order valence-electron chi connectivity index (χ4n) is 2.36. The van der Waals surface area contributed by atoms with Crippen molar-refractivity contribution >= 4 is 0 Å². The van der Waals surface area contributed by atoms with Gasteiger partial charge in [-0.15, -0.1) is 0 Å². The van der Waals surface area contributed by atoms with Gasteiger partial charge in [0.2, 0.25) is 0 Å². The zero-order valence-corrected chi connectivity index (χ0v) is 6.88. The van der Waals surface area contributed by atoms with E-state index in [1.165, 1.54) is 25.7 Å². The monoisotopic (exact) mass is 156 g/mol. The highest BCUT2D eigenvalue weighted by atomic mass is 16.5. The minimum absolute atomic E-state index is 0.124. The first-order chi connectivity index (χ1) is 5.35. The summed E-state index contributed by atoms with van der Waals surface area (Å²) in [6.45, 7) is 0.226. The Morgan fingerprint density at radius 3 is 2.36 bits per heavy atom. The van der Waals surface area contributed by atoms with Crippen molar-refractivity contribution in [2.24, 2.45) is 0 Å². The number of fused-ring (bicyclic) bond motifs is 2. The van der Waals surface area contributed by atoms with E-state index in [9.17, 15) is 0 Å². The van der Waals surface area contributed by atoms with E-state index in [1.807, 2.05) is 0 Å². The Labute approximate surface area is 67.6 Å². The number of rotatable bonds is 1. The van der Waals surface area contributed by atoms with Crippen LogP contribution in [0.2, 0.25) is 0 Å². The summed E-state index contributed by atoms with van der Waals surface area (Å²) in [5.74, 6) is 0. The van der Waals surface area contributed by atoms with Crippen molar-refractivity contribution in [2.75, 3.05) is 6.61 Å². The van der Waals surface area contributed by atoms with Gasteiger partial charge in [0.1, 0.15) is 0 Å². The van der Waals surface area contributed by atoms with Crippen molar-refractivity contribution in [3.63, 3.8) is 0 Å². The molecule has 0 aromatic carbocycles. The van der Waals surface area contributed by atoms with Crippen LogP contribution in [0.1, 0.15) is 38.5 Å². The largest absolute Gasteiger partial charge is 0.393 e. The Morgan fingerprint density at radius 1 is 1.27 bits per heavy atom. The number of ether oxygens (including phenoxy) is 1. The lowest BCUT2D eigenvalue weighted by molar-refractivity contribution is -0.177. The molecule has 0 atom stereocenters. The summed E-state index contributed by atoms with van der Waals surface area (Å²) >= 11 is 0. The lowest BCUT2D eigenvalue weighted by atomic mass is 9.82. The molecule has 2 fully saturated rings. The van der Waals surface area contributed by atoms with E-state index in [2.05, 4.69) is 0 Å². The van der Waals surface area contributed by atoms with Gasteiger partial charge in [-0.2, -0.15) is 0 Å². The van der Waals surface area contributed by atoms with Gasteiger partial charge in [-0.3, -0.25) is 0 Å². The molecule has 2 saturated heterocycles. The van der Waals surface area contributed by atoms with Gasteiger partial charge in [0.25, 0.3) is 0 Å². The zero-order valence-electron chi connectivity index (χ0n) is 6.88. The van der Waals surface area contributed by atoms with Gasteiger partial charge in [-0.1, -0.05) is 0 Å². The third kappa shape index (κ3) is 1.30. The van der Waals surface area contributed by atoms with Crippen molar-refractivity contribution in [1.29, 1.82) is 0 Å². The maximum Gasteiger partial charge on any atom is 0.0915 e. The molecule has 2 aliphatic rings. The summed E-state index contributed by atoms with van der Waals surface area (Å²) in [6, 6.07) is 0. The quantitative estimate of drug-likeness (QED) is 0.623. The number of aliphatic hydroxyl groups is 1. The molecule has 0 radical (unpaired) electrons. The van der Waals surface area contributed by atoms with Crippen LogP contribution in [0.3, 0.4) is 0 Å². The molecule has 2 heteroatoms. The maximum atomic E-state index is 9.17. The van der Waals surface area contributed by atoms with Crippen LogP contribution in [0, 0.1) is 0 Å². The number of hydrogen-bond acceptors (Lipinski definition) is 2. The molecule has 2 rings (SSSR count). The fourth-order valence-corrected chi connectivity index (χ4v) is 2.36. The second-order valence-corrected chi connectivity index (χ2v) is 3.87. The summed E-state index contributed by atoms with van der Waals surface area (Å²) in [5.41, 5.74) is -0.124. The smallest absolute Gasteiger partial charge is 0.0915 e. The van der Waals surface area contributed by atoms with E-state index in [4.69, 9.17) is 9.84 Å². The van der Waals surface area contributed by atoms with Crippen LogP contribution in [0.25, 0.3) is 0 Å². The summed E-state index contributed by atoms with van der Waals surface area (Å²) < 4.78 is 5.81. The molecule has 0 amide bonds. The molecule has 0 saturated carbocycles. The predicted molar refractivity (Wildman–Crippen MR) is 42.4 cm³/mol. The Morgan fingerprint density at radius 2 is 1.91 bits per heavy atom. The second kappa shape index (κ2) is 2.76. The standard InChI is InChI=1S/C9H16O2/c10-7-9-5-1-3-8(11-9)4-2-6-9/h8,10H,1-7H2. The number of aliphatic hydroxyl groups excluding tert-OH is 1. The molecule has 64 valence electrons. The fraction of sp³-hybridized carbons (Fsp3) is 1.00. The second-order valence-electron chi connectivity index (χ2n) is 3.87. The third-order valence-corrected chi connectivity index (χ3v) is 3.02. The Bertz CT molecular complexity index is 134. The molecule has 0 unspecified atom stereocenters. The SMILES string of the molecule is OCC12CCCC(CCC1)O2. The van der Waals surface area contributed by atoms with Crippen molar-refractivity contribution in [1.82, 2.24) is 0 Å². The van der Waals surface area contributed by atoms with Gasteiger partial charge in [0.15, 0.2) is 0 Å². The first kappa shape index (κ1) is 7.56. The van der Waals surface area contributed by atoms with E-state index >= 15 is 0 Å². The molecule has 0 aromatic rings. The molecule has 2 aliphatic heterocycles. The molecular formula is C9H16O2. The molecule has 1 N–H and O–H groups in total. The van der Waals surface area contributed by atoms with Crippen molar-refractivity contribution in [3.8, 4) is 0 Å². The summed E-state index contributed by atoms with van der Waals surface area (Å²) in [6.07, 6.45) is 7.50. The van der Waals surface area contributed by atoms with E-state index in [0.717, 1.165) is 12.8 Å². The minimum atomic E-state index is -0.124. The third-order valence-electron chi connectivity index (χ3n) is 3.02. The average molecular weight is 156 g/mol. The van der Waals surface area contributed by atoms with Crippen LogP contribution in [-0.2, 0) is 4.74 Å². The molecule has 11 heavy (non-hydrogen) atoms. The van der Waals surface area contributed by atoms with Crippen molar-refractivity contribution in [2.45, 2.75) is 50.2 Å². The first-order valence-electron chi connectivity index (χ1n) is 4.63. The Kier molecular flexibility index (Phi) is 1.90. The molecule has 0 aromatic heterocycles. The summed E-state index contributed by atoms with van der Waals surface area (Å²) in [4.78, 5) is 0. The number of hydrogen-bond donors (Lipinski definition) is 1. The van der Waals surface area contributed by atoms with Crippen molar-refractivity contribution < 1.29 is 9.84 Å². The maximum absolute atomic E-state index is 9.17. The van der Waals surface area contributed by atoms with Crippen LogP contribution in [0.5, 0.6) is 0 Å². The van der Waals surface area contributed by atoms with Crippen LogP contribution < -0.4 is 0 Å². The lowest BCUT2D eigenvalue weighted by Gasteiger charge is -2.44. The van der Waals surface area contributed by atoms with Gasteiger partial charge in [0.05, 0.1) is 18.3 Å². The summed E-state index contributed by atoms with van der Waals surface area (Å²) in [5, 5.41) is 9.17. The van der Waals surface area contributed by atoms with Crippen LogP contribution in [-0.4, -0.2) is 23.4 Å². The molecule has 2 bridgehead atoms. The van der Waals surface area contributed by atoms with E-state index < -0.39 is 0 Å². The minimum Gasteiger partial charge on any atom is -0.393 e. The van der Waals surface area contributed by atoms with E-state index in [-0.39, 0.29) is 12.2 Å². The van der Waals surface area contributed by atoms with E-state index in [0.29, 0.717) is 6.10 Å². The Balaban J connectivity index is 2.07. The lowest BCUT2D eigenvalue weighted by Crippen LogP contribution is -2.46. The predicted octanol–water partition coefficient (Wildman–Crippen LogP) is 1.47. The van der Waals surface area contributed by atoms with Gasteiger partial charge < -0.3 is 9.84 Å².